The topological polar surface area (TPSA) is 95.9 Å². The van der Waals surface area contributed by atoms with E-state index in [0.29, 0.717) is 35.1 Å². The fourth-order valence-electron chi connectivity index (χ4n) is 2.63. The van der Waals surface area contributed by atoms with Gasteiger partial charge in [-0.1, -0.05) is 0 Å². The highest BCUT2D eigenvalue weighted by Gasteiger charge is 2.28. The smallest absolute Gasteiger partial charge is 0.339 e. The van der Waals surface area contributed by atoms with Crippen LogP contribution >= 0.6 is 15.9 Å². The first-order valence-electron chi connectivity index (χ1n) is 7.50. The number of esters is 1. The zero-order chi connectivity index (χ0) is 17.9. The summed E-state index contributed by atoms with van der Waals surface area (Å²) in [5.41, 5.74) is 1.57. The van der Waals surface area contributed by atoms with Gasteiger partial charge in [-0.15, -0.1) is 0 Å². The van der Waals surface area contributed by atoms with Crippen LogP contribution in [-0.4, -0.2) is 48.2 Å². The molecule has 8 heteroatoms. The SMILES string of the molecule is COC(=O)c1cc(NC(=O)N2CCCC(C(=O)O)C2)c(C)cc1Br. The first-order valence-corrected chi connectivity index (χ1v) is 8.30. The molecular formula is C16H19BrN2O5. The van der Waals surface area contributed by atoms with Gasteiger partial charge in [-0.2, -0.15) is 0 Å². The fourth-order valence-corrected chi connectivity index (χ4v) is 3.25. The molecule has 1 saturated heterocycles. The van der Waals surface area contributed by atoms with E-state index in [0.717, 1.165) is 5.56 Å². The number of hydrogen-bond donors (Lipinski definition) is 2. The Morgan fingerprint density at radius 2 is 2.08 bits per heavy atom. The quantitative estimate of drug-likeness (QED) is 0.763. The lowest BCUT2D eigenvalue weighted by Crippen LogP contribution is -2.44. The molecule has 0 aromatic heterocycles. The maximum atomic E-state index is 12.4. The second-order valence-electron chi connectivity index (χ2n) is 5.69. The van der Waals surface area contributed by atoms with Crippen molar-refractivity contribution in [3.8, 4) is 0 Å². The molecule has 1 unspecified atom stereocenters. The number of carboxylic acids is 1. The van der Waals surface area contributed by atoms with Crippen LogP contribution in [0, 0.1) is 12.8 Å². The Morgan fingerprint density at radius 1 is 1.38 bits per heavy atom. The molecule has 1 atom stereocenters. The number of amides is 2. The Kier molecular flexibility index (Phi) is 5.82. The van der Waals surface area contributed by atoms with Gasteiger partial charge in [0, 0.05) is 23.2 Å². The van der Waals surface area contributed by atoms with Gasteiger partial charge in [-0.3, -0.25) is 4.79 Å². The summed E-state index contributed by atoms with van der Waals surface area (Å²) in [5, 5.41) is 11.9. The number of methoxy groups -OCH3 is 1. The number of carbonyl (C=O) groups excluding carboxylic acids is 2. The van der Waals surface area contributed by atoms with E-state index >= 15 is 0 Å². The number of carbonyl (C=O) groups is 3. The van der Waals surface area contributed by atoms with Gasteiger partial charge in [0.2, 0.25) is 0 Å². The van der Waals surface area contributed by atoms with Gasteiger partial charge in [-0.25, -0.2) is 9.59 Å². The largest absolute Gasteiger partial charge is 0.481 e. The Labute approximate surface area is 148 Å². The number of rotatable bonds is 3. The number of nitrogens with zero attached hydrogens (tertiary/aromatic N) is 1. The van der Waals surface area contributed by atoms with E-state index in [-0.39, 0.29) is 12.6 Å². The molecule has 1 aliphatic rings. The van der Waals surface area contributed by atoms with Crippen LogP contribution in [0.3, 0.4) is 0 Å². The van der Waals surface area contributed by atoms with Crippen molar-refractivity contribution in [2.45, 2.75) is 19.8 Å². The van der Waals surface area contributed by atoms with Gasteiger partial charge in [0.25, 0.3) is 0 Å². The molecule has 0 spiro atoms. The lowest BCUT2D eigenvalue weighted by Gasteiger charge is -2.31. The maximum absolute atomic E-state index is 12.4. The minimum absolute atomic E-state index is 0.181. The average Bonchev–Trinajstić information content (AvgIpc) is 2.56. The van der Waals surface area contributed by atoms with Crippen molar-refractivity contribution in [3.05, 3.63) is 27.7 Å². The Hall–Kier alpha value is -2.09. The molecule has 7 nitrogen and oxygen atoms in total. The van der Waals surface area contributed by atoms with E-state index in [1.165, 1.54) is 12.0 Å². The highest BCUT2D eigenvalue weighted by molar-refractivity contribution is 9.10. The summed E-state index contributed by atoms with van der Waals surface area (Å²) in [5.74, 6) is -1.94. The first-order chi connectivity index (χ1) is 11.3. The minimum Gasteiger partial charge on any atom is -0.481 e. The van der Waals surface area contributed by atoms with Crippen molar-refractivity contribution in [1.29, 1.82) is 0 Å². The summed E-state index contributed by atoms with van der Waals surface area (Å²) in [4.78, 5) is 36.8. The molecule has 2 N–H and O–H groups in total. The Morgan fingerprint density at radius 3 is 2.71 bits per heavy atom. The number of urea groups is 1. The summed E-state index contributed by atoms with van der Waals surface area (Å²) in [6.07, 6.45) is 1.22. The number of benzene rings is 1. The number of piperidine rings is 1. The zero-order valence-electron chi connectivity index (χ0n) is 13.5. The molecule has 0 saturated carbocycles. The fraction of sp³-hybridized carbons (Fsp3) is 0.438. The summed E-state index contributed by atoms with van der Waals surface area (Å²) in [6, 6.07) is 2.89. The number of aryl methyl sites for hydroxylation is 1. The molecule has 2 amide bonds. The molecule has 1 heterocycles. The second-order valence-corrected chi connectivity index (χ2v) is 6.55. The van der Waals surface area contributed by atoms with Crippen LogP contribution in [0.15, 0.2) is 16.6 Å². The number of anilines is 1. The standard InChI is InChI=1S/C16H19BrN2O5/c1-9-6-12(17)11(15(22)24-2)7-13(9)18-16(23)19-5-3-4-10(8-19)14(20)21/h6-7,10H,3-5,8H2,1-2H3,(H,18,23)(H,20,21). The van der Waals surface area contributed by atoms with Crippen LogP contribution < -0.4 is 5.32 Å². The van der Waals surface area contributed by atoms with Crippen LogP contribution in [0.25, 0.3) is 0 Å². The lowest BCUT2D eigenvalue weighted by molar-refractivity contribution is -0.143. The van der Waals surface area contributed by atoms with Crippen molar-refractivity contribution in [1.82, 2.24) is 4.90 Å². The van der Waals surface area contributed by atoms with Crippen LogP contribution in [0.5, 0.6) is 0 Å². The molecule has 0 aliphatic carbocycles. The predicted molar refractivity (Wildman–Crippen MR) is 91.2 cm³/mol. The van der Waals surface area contributed by atoms with E-state index < -0.39 is 17.9 Å². The average molecular weight is 399 g/mol. The molecule has 24 heavy (non-hydrogen) atoms. The Balaban J connectivity index is 2.16. The molecule has 130 valence electrons. The third-order valence-corrected chi connectivity index (χ3v) is 4.67. The van der Waals surface area contributed by atoms with Gasteiger partial charge in [0.1, 0.15) is 0 Å². The van der Waals surface area contributed by atoms with Crippen molar-refractivity contribution in [3.63, 3.8) is 0 Å². The normalized spacial score (nSPS) is 17.3. The third-order valence-electron chi connectivity index (χ3n) is 4.02. The highest BCUT2D eigenvalue weighted by Crippen LogP contribution is 2.27. The first kappa shape index (κ1) is 18.3. The van der Waals surface area contributed by atoms with E-state index in [1.807, 2.05) is 0 Å². The van der Waals surface area contributed by atoms with Crippen molar-refractivity contribution in [2.24, 2.45) is 5.92 Å². The van der Waals surface area contributed by atoms with Crippen LogP contribution in [0.2, 0.25) is 0 Å². The highest BCUT2D eigenvalue weighted by atomic mass is 79.9. The number of hydrogen-bond acceptors (Lipinski definition) is 4. The van der Waals surface area contributed by atoms with Crippen LogP contribution in [-0.2, 0) is 9.53 Å². The van der Waals surface area contributed by atoms with E-state index in [4.69, 9.17) is 9.84 Å². The van der Waals surface area contributed by atoms with Crippen molar-refractivity contribution in [2.75, 3.05) is 25.5 Å². The zero-order valence-corrected chi connectivity index (χ0v) is 15.1. The van der Waals surface area contributed by atoms with Crippen molar-refractivity contribution < 1.29 is 24.2 Å². The van der Waals surface area contributed by atoms with Crippen LogP contribution in [0.4, 0.5) is 10.5 Å². The molecular weight excluding hydrogens is 380 g/mol. The number of likely N-dealkylation sites (tertiary alicyclic amines) is 1. The second kappa shape index (κ2) is 7.65. The summed E-state index contributed by atoms with van der Waals surface area (Å²) in [6.45, 7) is 2.49. The van der Waals surface area contributed by atoms with Crippen molar-refractivity contribution >= 4 is 39.6 Å². The third kappa shape index (κ3) is 4.05. The van der Waals surface area contributed by atoms with E-state index in [2.05, 4.69) is 21.2 Å². The van der Waals surface area contributed by atoms with Gasteiger partial charge in [0.05, 0.1) is 18.6 Å². The predicted octanol–water partition coefficient (Wildman–Crippen LogP) is 2.87. The number of halogens is 1. The van der Waals surface area contributed by atoms with E-state index in [1.54, 1.807) is 19.1 Å². The molecule has 1 aromatic rings. The number of ether oxygens (including phenoxy) is 1. The molecule has 0 radical (unpaired) electrons. The maximum Gasteiger partial charge on any atom is 0.339 e. The molecule has 1 aromatic carbocycles. The monoisotopic (exact) mass is 398 g/mol. The summed E-state index contributed by atoms with van der Waals surface area (Å²) < 4.78 is 5.29. The molecule has 2 rings (SSSR count). The Bertz CT molecular complexity index is 677. The molecule has 1 aliphatic heterocycles. The van der Waals surface area contributed by atoms with Gasteiger partial charge >= 0.3 is 18.0 Å². The summed E-state index contributed by atoms with van der Waals surface area (Å²) >= 11 is 3.30. The molecule has 1 fully saturated rings. The summed E-state index contributed by atoms with van der Waals surface area (Å²) in [7, 11) is 1.28. The van der Waals surface area contributed by atoms with E-state index in [9.17, 15) is 14.4 Å². The number of nitrogens with one attached hydrogen (secondary N) is 1. The minimum atomic E-state index is -0.889. The lowest BCUT2D eigenvalue weighted by atomic mass is 9.99. The van der Waals surface area contributed by atoms with Crippen LogP contribution in [0.1, 0.15) is 28.8 Å². The van der Waals surface area contributed by atoms with Gasteiger partial charge in [-0.05, 0) is 53.4 Å². The molecule has 0 bridgehead atoms. The van der Waals surface area contributed by atoms with Gasteiger partial charge in [0.15, 0.2) is 0 Å². The number of carboxylic acid groups (broad SMARTS) is 1. The number of aliphatic carboxylic acids is 1. The van der Waals surface area contributed by atoms with Gasteiger partial charge < -0.3 is 20.1 Å².